The third-order valence-electron chi connectivity index (χ3n) is 3.34. The first kappa shape index (κ1) is 18.8. The van der Waals surface area contributed by atoms with Gasteiger partial charge >= 0.3 is 5.97 Å². The average molecular weight is 382 g/mol. The highest BCUT2D eigenvalue weighted by Gasteiger charge is 2.21. The van der Waals surface area contributed by atoms with Gasteiger partial charge in [-0.25, -0.2) is 13.2 Å². The largest absolute Gasteiger partial charge is 0.495 e. The molecule has 0 radical (unpaired) electrons. The van der Waals surface area contributed by atoms with Gasteiger partial charge in [0.1, 0.15) is 10.6 Å². The van der Waals surface area contributed by atoms with Crippen LogP contribution in [0.25, 0.3) is 6.08 Å². The molecule has 0 heterocycles. The molecule has 0 saturated carbocycles. The summed E-state index contributed by atoms with van der Waals surface area (Å²) >= 11 is 5.92. The molecule has 2 N–H and O–H groups in total. The summed E-state index contributed by atoms with van der Waals surface area (Å²) in [5.41, 5.74) is 1.46. The van der Waals surface area contributed by atoms with Gasteiger partial charge in [-0.05, 0) is 48.4 Å². The van der Waals surface area contributed by atoms with E-state index in [1.54, 1.807) is 25.1 Å². The number of aryl methyl sites for hydroxylation is 1. The topological polar surface area (TPSA) is 92.7 Å². The van der Waals surface area contributed by atoms with Crippen molar-refractivity contribution in [1.82, 2.24) is 0 Å². The minimum absolute atomic E-state index is 0.109. The van der Waals surface area contributed by atoms with E-state index >= 15 is 0 Å². The molecule has 0 bridgehead atoms. The number of benzene rings is 2. The molecule has 0 aliphatic rings. The molecule has 0 unspecified atom stereocenters. The van der Waals surface area contributed by atoms with Crippen LogP contribution in [0.5, 0.6) is 5.75 Å². The molecular weight excluding hydrogens is 366 g/mol. The Morgan fingerprint density at radius 1 is 1.24 bits per heavy atom. The highest BCUT2D eigenvalue weighted by atomic mass is 35.5. The van der Waals surface area contributed by atoms with E-state index in [2.05, 4.69) is 4.72 Å². The first-order valence-corrected chi connectivity index (χ1v) is 8.97. The van der Waals surface area contributed by atoms with Crippen molar-refractivity contribution in [2.24, 2.45) is 0 Å². The number of hydrogen-bond acceptors (Lipinski definition) is 4. The van der Waals surface area contributed by atoms with E-state index in [-0.39, 0.29) is 10.6 Å². The van der Waals surface area contributed by atoms with E-state index in [4.69, 9.17) is 21.4 Å². The van der Waals surface area contributed by atoms with E-state index in [1.807, 2.05) is 0 Å². The van der Waals surface area contributed by atoms with Gasteiger partial charge < -0.3 is 9.84 Å². The normalized spacial score (nSPS) is 11.5. The molecule has 0 saturated heterocycles. The third-order valence-corrected chi connectivity index (χ3v) is 4.96. The number of sulfonamides is 1. The number of anilines is 1. The van der Waals surface area contributed by atoms with Gasteiger partial charge in [0.05, 0.1) is 12.8 Å². The number of ether oxygens (including phenoxy) is 1. The van der Waals surface area contributed by atoms with Gasteiger partial charge in [-0.3, -0.25) is 4.72 Å². The predicted molar refractivity (Wildman–Crippen MR) is 96.7 cm³/mol. The second-order valence-electron chi connectivity index (χ2n) is 5.15. The molecule has 0 aliphatic carbocycles. The molecule has 2 aromatic rings. The average Bonchev–Trinajstić information content (AvgIpc) is 2.55. The SMILES string of the molecule is COc1ccc(C=CC(=O)O)cc1S(=O)(=O)Nc1cc(Cl)ccc1C. The molecule has 0 fully saturated rings. The lowest BCUT2D eigenvalue weighted by Crippen LogP contribution is -2.15. The van der Waals surface area contributed by atoms with Crippen LogP contribution < -0.4 is 9.46 Å². The van der Waals surface area contributed by atoms with E-state index < -0.39 is 16.0 Å². The zero-order valence-corrected chi connectivity index (χ0v) is 15.1. The van der Waals surface area contributed by atoms with Gasteiger partial charge in [0, 0.05) is 11.1 Å². The molecule has 132 valence electrons. The number of aliphatic carboxylic acids is 1. The number of rotatable bonds is 6. The molecule has 25 heavy (non-hydrogen) atoms. The van der Waals surface area contributed by atoms with Crippen molar-refractivity contribution < 1.29 is 23.1 Å². The van der Waals surface area contributed by atoms with Crippen LogP contribution in [-0.4, -0.2) is 26.6 Å². The van der Waals surface area contributed by atoms with Crippen LogP contribution in [0.15, 0.2) is 47.4 Å². The van der Waals surface area contributed by atoms with Crippen LogP contribution in [0.2, 0.25) is 5.02 Å². The first-order chi connectivity index (χ1) is 11.7. The van der Waals surface area contributed by atoms with Crippen LogP contribution in [0, 0.1) is 6.92 Å². The quantitative estimate of drug-likeness (QED) is 0.746. The van der Waals surface area contributed by atoms with Gasteiger partial charge in [0.2, 0.25) is 0 Å². The lowest BCUT2D eigenvalue weighted by Gasteiger charge is -2.14. The Bertz CT molecular complexity index is 938. The lowest BCUT2D eigenvalue weighted by molar-refractivity contribution is -0.131. The van der Waals surface area contributed by atoms with E-state index in [0.29, 0.717) is 21.8 Å². The summed E-state index contributed by atoms with van der Waals surface area (Å²) in [6.07, 6.45) is 2.22. The summed E-state index contributed by atoms with van der Waals surface area (Å²) in [5.74, 6) is -0.993. The zero-order valence-electron chi connectivity index (χ0n) is 13.5. The highest BCUT2D eigenvalue weighted by Crippen LogP contribution is 2.29. The Labute approximate surface area is 150 Å². The molecule has 0 amide bonds. The van der Waals surface area contributed by atoms with Crippen LogP contribution in [0.4, 0.5) is 5.69 Å². The fourth-order valence-corrected chi connectivity index (χ4v) is 3.58. The highest BCUT2D eigenvalue weighted by molar-refractivity contribution is 7.92. The molecule has 0 aromatic heterocycles. The third kappa shape index (κ3) is 4.74. The molecule has 0 spiro atoms. The molecule has 2 rings (SSSR count). The predicted octanol–water partition coefficient (Wildman–Crippen LogP) is 3.56. The fourth-order valence-electron chi connectivity index (χ4n) is 2.08. The van der Waals surface area contributed by atoms with Crippen LogP contribution >= 0.6 is 11.6 Å². The first-order valence-electron chi connectivity index (χ1n) is 7.11. The molecule has 2 aromatic carbocycles. The summed E-state index contributed by atoms with van der Waals surface area (Å²) in [7, 11) is -2.62. The second-order valence-corrected chi connectivity index (χ2v) is 7.23. The maximum Gasteiger partial charge on any atom is 0.328 e. The number of nitrogens with one attached hydrogen (secondary N) is 1. The molecule has 6 nitrogen and oxygen atoms in total. The Hall–Kier alpha value is -2.51. The van der Waals surface area contributed by atoms with Gasteiger partial charge in [-0.1, -0.05) is 23.7 Å². The van der Waals surface area contributed by atoms with Crippen molar-refractivity contribution >= 4 is 39.4 Å². The van der Waals surface area contributed by atoms with Crippen LogP contribution in [-0.2, 0) is 14.8 Å². The Kier molecular flexibility index (Phi) is 5.71. The molecule has 0 aliphatic heterocycles. The van der Waals surface area contributed by atoms with Gasteiger partial charge in [0.25, 0.3) is 10.0 Å². The minimum atomic E-state index is -3.97. The van der Waals surface area contributed by atoms with E-state index in [1.165, 1.54) is 31.4 Å². The lowest BCUT2D eigenvalue weighted by atomic mass is 10.2. The molecule has 0 atom stereocenters. The van der Waals surface area contributed by atoms with E-state index in [9.17, 15) is 13.2 Å². The Morgan fingerprint density at radius 3 is 2.60 bits per heavy atom. The van der Waals surface area contributed by atoms with Crippen molar-refractivity contribution in [3.8, 4) is 5.75 Å². The number of carboxylic acid groups (broad SMARTS) is 1. The Morgan fingerprint density at radius 2 is 1.96 bits per heavy atom. The summed E-state index contributed by atoms with van der Waals surface area (Å²) in [4.78, 5) is 10.5. The number of hydrogen-bond donors (Lipinski definition) is 2. The monoisotopic (exact) mass is 381 g/mol. The van der Waals surface area contributed by atoms with Crippen LogP contribution in [0.1, 0.15) is 11.1 Å². The Balaban J connectivity index is 2.48. The number of halogens is 1. The standard InChI is InChI=1S/C17H16ClNO5S/c1-11-3-6-13(18)10-14(11)19-25(22,23)16-9-12(5-8-17(20)21)4-7-15(16)24-2/h3-10,19H,1-2H3,(H,20,21). The summed E-state index contributed by atoms with van der Waals surface area (Å²) in [5, 5.41) is 9.10. The van der Waals surface area contributed by atoms with Gasteiger partial charge in [-0.2, -0.15) is 0 Å². The van der Waals surface area contributed by atoms with E-state index in [0.717, 1.165) is 6.08 Å². The van der Waals surface area contributed by atoms with Crippen molar-refractivity contribution in [1.29, 1.82) is 0 Å². The van der Waals surface area contributed by atoms with Crippen molar-refractivity contribution in [2.45, 2.75) is 11.8 Å². The van der Waals surface area contributed by atoms with Gasteiger partial charge in [0.15, 0.2) is 0 Å². The number of methoxy groups -OCH3 is 1. The van der Waals surface area contributed by atoms with Gasteiger partial charge in [-0.15, -0.1) is 0 Å². The maximum atomic E-state index is 12.8. The molecular formula is C17H16ClNO5S. The summed E-state index contributed by atoms with van der Waals surface area (Å²) in [6, 6.07) is 9.22. The summed E-state index contributed by atoms with van der Waals surface area (Å²) in [6.45, 7) is 1.75. The number of carboxylic acids is 1. The zero-order chi connectivity index (χ0) is 18.6. The maximum absolute atomic E-state index is 12.8. The second kappa shape index (κ2) is 7.58. The van der Waals surface area contributed by atoms with Crippen molar-refractivity contribution in [2.75, 3.05) is 11.8 Å². The van der Waals surface area contributed by atoms with Crippen molar-refractivity contribution in [3.63, 3.8) is 0 Å². The minimum Gasteiger partial charge on any atom is -0.495 e. The number of carbonyl (C=O) groups is 1. The van der Waals surface area contributed by atoms with Crippen LogP contribution in [0.3, 0.4) is 0 Å². The fraction of sp³-hybridized carbons (Fsp3) is 0.118. The summed E-state index contributed by atoms with van der Waals surface area (Å²) < 4.78 is 33.1. The molecule has 8 heteroatoms. The smallest absolute Gasteiger partial charge is 0.328 e. The van der Waals surface area contributed by atoms with Crippen molar-refractivity contribution in [3.05, 3.63) is 58.6 Å².